The predicted octanol–water partition coefficient (Wildman–Crippen LogP) is 0.470. The Bertz CT molecular complexity index is 799. The Kier molecular flexibility index (Phi) is 12.8. The van der Waals surface area contributed by atoms with Crippen molar-refractivity contribution >= 4 is 35.6 Å². The molecule has 0 bridgehead atoms. The van der Waals surface area contributed by atoms with Gasteiger partial charge in [-0.3, -0.25) is 19.2 Å². The molecular formula is C21H34F2N4O8. The summed E-state index contributed by atoms with van der Waals surface area (Å²) in [5, 5.41) is 15.4. The Morgan fingerprint density at radius 2 is 1.40 bits per heavy atom. The number of alkyl halides is 2. The minimum Gasteiger partial charge on any atom is -0.475 e. The first kappa shape index (κ1) is 31.7. The van der Waals surface area contributed by atoms with Crippen LogP contribution in [0.3, 0.4) is 0 Å². The van der Waals surface area contributed by atoms with E-state index in [2.05, 4.69) is 10.6 Å². The van der Waals surface area contributed by atoms with Gasteiger partial charge in [-0.05, 0) is 39.5 Å². The van der Waals surface area contributed by atoms with Crippen LogP contribution in [0.5, 0.6) is 0 Å². The van der Waals surface area contributed by atoms with Crippen molar-refractivity contribution < 1.29 is 47.4 Å². The molecule has 0 saturated heterocycles. The molecule has 6 N–H and O–H groups in total. The molecular weight excluding hydrogens is 474 g/mol. The molecule has 200 valence electrons. The molecule has 0 radical (unpaired) electrons. The summed E-state index contributed by atoms with van der Waals surface area (Å²) in [5.74, 6) is -6.59. The van der Waals surface area contributed by atoms with Gasteiger partial charge in [0.05, 0.1) is 0 Å². The van der Waals surface area contributed by atoms with E-state index in [-0.39, 0.29) is 25.2 Å². The van der Waals surface area contributed by atoms with E-state index in [1.165, 1.54) is 0 Å². The highest BCUT2D eigenvalue weighted by atomic mass is 19.3. The predicted molar refractivity (Wildman–Crippen MR) is 118 cm³/mol. The summed E-state index contributed by atoms with van der Waals surface area (Å²) in [7, 11) is 0. The number of alkyl carbamates (subject to hydrolysis) is 1. The van der Waals surface area contributed by atoms with Crippen LogP contribution in [0.25, 0.3) is 0 Å². The number of carboxylic acid groups (broad SMARTS) is 1. The largest absolute Gasteiger partial charge is 0.475 e. The van der Waals surface area contributed by atoms with Crippen LogP contribution in [0.15, 0.2) is 0 Å². The van der Waals surface area contributed by atoms with Crippen LogP contribution >= 0.6 is 0 Å². The third-order valence-corrected chi connectivity index (χ3v) is 4.28. The number of carbonyl (C=O) groups excluding carboxylic acids is 5. The van der Waals surface area contributed by atoms with Crippen LogP contribution in [0.4, 0.5) is 13.6 Å². The van der Waals surface area contributed by atoms with Gasteiger partial charge in [-0.2, -0.15) is 0 Å². The lowest BCUT2D eigenvalue weighted by molar-refractivity contribution is -0.151. The van der Waals surface area contributed by atoms with Gasteiger partial charge in [-0.25, -0.2) is 18.4 Å². The maximum absolute atomic E-state index is 12.9. The molecule has 0 aromatic carbocycles. The number of nitrogens with two attached hydrogens (primary N) is 1. The van der Waals surface area contributed by atoms with Gasteiger partial charge in [0.25, 0.3) is 5.78 Å². The van der Waals surface area contributed by atoms with Crippen molar-refractivity contribution in [1.82, 2.24) is 16.0 Å². The fraction of sp³-hybridized carbons (Fsp3) is 0.714. The summed E-state index contributed by atoms with van der Waals surface area (Å²) in [5.41, 5.74) is 4.22. The Labute approximate surface area is 201 Å². The van der Waals surface area contributed by atoms with Crippen LogP contribution in [0, 0.1) is 5.92 Å². The van der Waals surface area contributed by atoms with Gasteiger partial charge in [-0.1, -0.05) is 13.8 Å². The first-order valence-electron chi connectivity index (χ1n) is 10.9. The molecule has 0 aliphatic rings. The first-order valence-corrected chi connectivity index (χ1v) is 10.9. The zero-order chi connectivity index (χ0) is 27.5. The Balaban J connectivity index is 5.69. The van der Waals surface area contributed by atoms with Crippen LogP contribution in [0.1, 0.15) is 60.3 Å². The summed E-state index contributed by atoms with van der Waals surface area (Å²) < 4.78 is 30.7. The average Bonchev–Trinajstić information content (AvgIpc) is 2.66. The monoisotopic (exact) mass is 508 g/mol. The molecule has 0 spiro atoms. The molecule has 0 aromatic heterocycles. The van der Waals surface area contributed by atoms with Crippen LogP contribution in [-0.4, -0.2) is 70.8 Å². The molecule has 0 aromatic rings. The number of ketones is 1. The van der Waals surface area contributed by atoms with Gasteiger partial charge in [0, 0.05) is 12.8 Å². The van der Waals surface area contributed by atoms with Crippen molar-refractivity contribution in [2.45, 2.75) is 90.5 Å². The highest BCUT2D eigenvalue weighted by Gasteiger charge is 2.34. The van der Waals surface area contributed by atoms with E-state index in [1.54, 1.807) is 34.6 Å². The number of primary amides is 1. The average molecular weight is 509 g/mol. The standard InChI is InChI=1S/C21H34F2N4O8/c1-10(2)8-13(18(31)25-12(9-14(22)23)16(29)19(32)33)26-17(30)11(6-7-15(24)28)27-20(34)35-21(3,4)5/h10-14H,6-9H2,1-5H3,(H2,24,28)(H,25,31)(H,26,30)(H,27,34)(H,32,33)/t11-,12?,13?/m0/s1. The molecule has 35 heavy (non-hydrogen) atoms. The van der Waals surface area contributed by atoms with Crippen molar-refractivity contribution in [3.05, 3.63) is 0 Å². The molecule has 0 heterocycles. The number of carbonyl (C=O) groups is 6. The van der Waals surface area contributed by atoms with E-state index in [1.807, 2.05) is 5.32 Å². The minimum atomic E-state index is -3.09. The SMILES string of the molecule is CC(C)CC(NC(=O)[C@H](CCC(N)=O)NC(=O)OC(C)(C)C)C(=O)NC(CC(F)F)C(=O)C(=O)O. The molecule has 12 nitrogen and oxygen atoms in total. The van der Waals surface area contributed by atoms with Crippen molar-refractivity contribution in [3.63, 3.8) is 0 Å². The van der Waals surface area contributed by atoms with E-state index in [9.17, 15) is 37.5 Å². The van der Waals surface area contributed by atoms with Gasteiger partial charge in [0.2, 0.25) is 24.1 Å². The highest BCUT2D eigenvalue weighted by Crippen LogP contribution is 2.11. The third kappa shape index (κ3) is 13.9. The van der Waals surface area contributed by atoms with Crippen molar-refractivity contribution in [2.75, 3.05) is 0 Å². The summed E-state index contributed by atoms with van der Waals surface area (Å²) in [6, 6.07) is -4.74. The second-order valence-corrected chi connectivity index (χ2v) is 9.25. The quantitative estimate of drug-likeness (QED) is 0.209. The number of rotatable bonds is 14. The molecule has 0 rings (SSSR count). The zero-order valence-electron chi connectivity index (χ0n) is 20.4. The number of carboxylic acids is 1. The van der Waals surface area contributed by atoms with Crippen molar-refractivity contribution in [1.29, 1.82) is 0 Å². The lowest BCUT2D eigenvalue weighted by atomic mass is 10.0. The number of halogens is 2. The Morgan fingerprint density at radius 1 is 0.886 bits per heavy atom. The first-order chi connectivity index (χ1) is 15.9. The van der Waals surface area contributed by atoms with Crippen LogP contribution in [0.2, 0.25) is 0 Å². The highest BCUT2D eigenvalue weighted by molar-refractivity contribution is 6.35. The minimum absolute atomic E-state index is 0.0186. The van der Waals surface area contributed by atoms with Gasteiger partial charge in [0.1, 0.15) is 23.7 Å². The van der Waals surface area contributed by atoms with Gasteiger partial charge in [0.15, 0.2) is 0 Å². The van der Waals surface area contributed by atoms with E-state index in [4.69, 9.17) is 15.6 Å². The number of hydrogen-bond donors (Lipinski definition) is 5. The molecule has 0 fully saturated rings. The lowest BCUT2D eigenvalue weighted by Gasteiger charge is -2.26. The number of nitrogens with one attached hydrogen (secondary N) is 3. The molecule has 0 saturated carbocycles. The number of amides is 4. The third-order valence-electron chi connectivity index (χ3n) is 4.28. The number of hydrogen-bond acceptors (Lipinski definition) is 7. The summed E-state index contributed by atoms with van der Waals surface area (Å²) in [4.78, 5) is 71.6. The van der Waals surface area contributed by atoms with E-state index >= 15 is 0 Å². The maximum Gasteiger partial charge on any atom is 0.408 e. The van der Waals surface area contributed by atoms with Crippen molar-refractivity contribution in [3.8, 4) is 0 Å². The lowest BCUT2D eigenvalue weighted by Crippen LogP contribution is -2.57. The van der Waals surface area contributed by atoms with Gasteiger partial charge < -0.3 is 31.5 Å². The fourth-order valence-electron chi connectivity index (χ4n) is 2.81. The molecule has 14 heteroatoms. The molecule has 4 amide bonds. The van der Waals surface area contributed by atoms with E-state index in [0.29, 0.717) is 0 Å². The Morgan fingerprint density at radius 3 is 1.83 bits per heavy atom. The van der Waals surface area contributed by atoms with Crippen LogP contribution < -0.4 is 21.7 Å². The fourth-order valence-corrected chi connectivity index (χ4v) is 2.81. The second-order valence-electron chi connectivity index (χ2n) is 9.25. The summed E-state index contributed by atoms with van der Waals surface area (Å²) in [6.07, 6.45) is -5.84. The van der Waals surface area contributed by atoms with Gasteiger partial charge in [-0.15, -0.1) is 0 Å². The topological polar surface area (TPSA) is 194 Å². The molecule has 3 atom stereocenters. The zero-order valence-corrected chi connectivity index (χ0v) is 20.4. The summed E-state index contributed by atoms with van der Waals surface area (Å²) in [6.45, 7) is 8.14. The number of Topliss-reactive ketones (excluding diaryl/α,β-unsaturated/α-hetero) is 1. The van der Waals surface area contributed by atoms with Crippen LogP contribution in [-0.2, 0) is 28.7 Å². The van der Waals surface area contributed by atoms with Crippen molar-refractivity contribution in [2.24, 2.45) is 11.7 Å². The molecule has 0 aliphatic carbocycles. The smallest absolute Gasteiger partial charge is 0.408 e. The molecule has 2 unspecified atom stereocenters. The maximum atomic E-state index is 12.9. The van der Waals surface area contributed by atoms with E-state index in [0.717, 1.165) is 0 Å². The summed E-state index contributed by atoms with van der Waals surface area (Å²) >= 11 is 0. The van der Waals surface area contributed by atoms with Gasteiger partial charge >= 0.3 is 12.1 Å². The molecule has 0 aliphatic heterocycles. The second kappa shape index (κ2) is 14.2. The normalized spacial score (nSPS) is 14.0. The number of ether oxygens (including phenoxy) is 1. The Hall–Kier alpha value is -3.32. The van der Waals surface area contributed by atoms with E-state index < -0.39 is 72.1 Å². The number of aliphatic carboxylic acids is 1.